The van der Waals surface area contributed by atoms with Crippen LogP contribution in [0.15, 0.2) is 12.4 Å². The Hall–Kier alpha value is -1.40. The molecule has 0 aromatic carbocycles. The van der Waals surface area contributed by atoms with Crippen molar-refractivity contribution in [3.63, 3.8) is 0 Å². The van der Waals surface area contributed by atoms with Gasteiger partial charge in [-0.3, -0.25) is 15.5 Å². The van der Waals surface area contributed by atoms with E-state index in [0.29, 0.717) is 5.82 Å². The van der Waals surface area contributed by atoms with Crippen LogP contribution in [0, 0.1) is 0 Å². The van der Waals surface area contributed by atoms with Gasteiger partial charge in [-0.15, -0.1) is 0 Å². The Kier molecular flexibility index (Phi) is 1.99. The van der Waals surface area contributed by atoms with Gasteiger partial charge in [0.05, 0.1) is 0 Å². The summed E-state index contributed by atoms with van der Waals surface area (Å²) in [5.74, 6) is 5.51. The van der Waals surface area contributed by atoms with Crippen molar-refractivity contribution < 1.29 is 4.79 Å². The monoisotopic (exact) mass is 181 g/mol. The molecule has 0 radical (unpaired) electrons. The lowest BCUT2D eigenvalue weighted by atomic mass is 10.2. The van der Waals surface area contributed by atoms with Crippen LogP contribution in [-0.2, 0) is 11.3 Å². The molecule has 0 fully saturated rings. The Morgan fingerprint density at radius 3 is 3.46 bits per heavy atom. The lowest BCUT2D eigenvalue weighted by Crippen LogP contribution is -2.45. The third-order valence-electron chi connectivity index (χ3n) is 2.11. The number of hydrogen-bond donors (Lipinski definition) is 3. The predicted molar refractivity (Wildman–Crippen MR) is 45.3 cm³/mol. The summed E-state index contributed by atoms with van der Waals surface area (Å²) in [5.41, 5.74) is 2.11. The van der Waals surface area contributed by atoms with Crippen molar-refractivity contribution >= 4 is 5.91 Å². The Bertz CT molecular complexity index is 320. The highest BCUT2D eigenvalue weighted by Crippen LogP contribution is 2.14. The minimum absolute atomic E-state index is 0.257. The highest BCUT2D eigenvalue weighted by molar-refractivity contribution is 5.81. The van der Waals surface area contributed by atoms with Crippen molar-refractivity contribution in [3.8, 4) is 0 Å². The maximum absolute atomic E-state index is 11.3. The fourth-order valence-corrected chi connectivity index (χ4v) is 1.48. The molecule has 1 aromatic heterocycles. The molecule has 1 aliphatic heterocycles. The largest absolute Gasteiger partial charge is 0.332 e. The van der Waals surface area contributed by atoms with Crippen molar-refractivity contribution in [1.82, 2.24) is 20.3 Å². The van der Waals surface area contributed by atoms with Crippen LogP contribution >= 0.6 is 0 Å². The van der Waals surface area contributed by atoms with Crippen LogP contribution in [-0.4, -0.2) is 22.0 Å². The topological polar surface area (TPSA) is 85.0 Å². The van der Waals surface area contributed by atoms with E-state index in [0.717, 1.165) is 13.1 Å². The molecule has 1 unspecified atom stereocenters. The summed E-state index contributed by atoms with van der Waals surface area (Å²) < 4.78 is 1.94. The zero-order chi connectivity index (χ0) is 9.26. The van der Waals surface area contributed by atoms with E-state index in [1.54, 1.807) is 6.20 Å². The summed E-state index contributed by atoms with van der Waals surface area (Å²) in [6.45, 7) is 1.59. The van der Waals surface area contributed by atoms with Crippen molar-refractivity contribution in [2.24, 2.45) is 5.84 Å². The molecule has 4 N–H and O–H groups in total. The molecule has 2 heterocycles. The van der Waals surface area contributed by atoms with E-state index in [2.05, 4.69) is 15.7 Å². The van der Waals surface area contributed by atoms with Gasteiger partial charge in [-0.05, 0) is 0 Å². The standard InChI is InChI=1S/C7H11N5O/c8-11-7(13)5-6-10-2-4-12(6)3-1-9-5/h2,4-5,9H,1,3,8H2,(H,11,13). The van der Waals surface area contributed by atoms with E-state index in [1.807, 2.05) is 10.8 Å². The van der Waals surface area contributed by atoms with Gasteiger partial charge in [0.1, 0.15) is 11.9 Å². The first-order valence-corrected chi connectivity index (χ1v) is 4.08. The van der Waals surface area contributed by atoms with Crippen LogP contribution < -0.4 is 16.6 Å². The number of hydrazine groups is 1. The summed E-state index contributed by atoms with van der Waals surface area (Å²) in [7, 11) is 0. The molecule has 1 atom stereocenters. The molecule has 1 aromatic rings. The Morgan fingerprint density at radius 2 is 2.69 bits per heavy atom. The molecule has 6 heteroatoms. The van der Waals surface area contributed by atoms with Gasteiger partial charge in [-0.1, -0.05) is 0 Å². The average Bonchev–Trinajstić information content (AvgIpc) is 2.63. The Labute approximate surface area is 75.1 Å². The van der Waals surface area contributed by atoms with E-state index in [4.69, 9.17) is 5.84 Å². The van der Waals surface area contributed by atoms with Crippen LogP contribution in [0.2, 0.25) is 0 Å². The second-order valence-electron chi connectivity index (χ2n) is 2.87. The fraction of sp³-hybridized carbons (Fsp3) is 0.429. The summed E-state index contributed by atoms with van der Waals surface area (Å²) in [4.78, 5) is 15.4. The first-order valence-electron chi connectivity index (χ1n) is 4.08. The third kappa shape index (κ3) is 1.30. The summed E-state index contributed by atoms with van der Waals surface area (Å²) in [5, 5.41) is 3.04. The first-order chi connectivity index (χ1) is 6.33. The number of carbonyl (C=O) groups is 1. The quantitative estimate of drug-likeness (QED) is 0.280. The number of aromatic nitrogens is 2. The third-order valence-corrected chi connectivity index (χ3v) is 2.11. The van der Waals surface area contributed by atoms with Crippen LogP contribution in [0.5, 0.6) is 0 Å². The number of nitrogens with one attached hydrogen (secondary N) is 2. The summed E-state index contributed by atoms with van der Waals surface area (Å²) in [6.07, 6.45) is 3.53. The lowest BCUT2D eigenvalue weighted by Gasteiger charge is -2.23. The summed E-state index contributed by atoms with van der Waals surface area (Å²) >= 11 is 0. The molecule has 13 heavy (non-hydrogen) atoms. The molecule has 1 aliphatic rings. The van der Waals surface area contributed by atoms with Crippen molar-refractivity contribution in [2.45, 2.75) is 12.6 Å². The maximum atomic E-state index is 11.3. The smallest absolute Gasteiger partial charge is 0.258 e. The molecule has 6 nitrogen and oxygen atoms in total. The van der Waals surface area contributed by atoms with Gasteiger partial charge < -0.3 is 4.57 Å². The maximum Gasteiger partial charge on any atom is 0.258 e. The lowest BCUT2D eigenvalue weighted by molar-refractivity contribution is -0.123. The van der Waals surface area contributed by atoms with E-state index in [1.165, 1.54) is 0 Å². The zero-order valence-corrected chi connectivity index (χ0v) is 7.03. The number of amides is 1. The van der Waals surface area contributed by atoms with Crippen molar-refractivity contribution in [1.29, 1.82) is 0 Å². The molecular weight excluding hydrogens is 170 g/mol. The fourth-order valence-electron chi connectivity index (χ4n) is 1.48. The average molecular weight is 181 g/mol. The minimum Gasteiger partial charge on any atom is -0.332 e. The second-order valence-corrected chi connectivity index (χ2v) is 2.87. The number of hydrogen-bond acceptors (Lipinski definition) is 4. The van der Waals surface area contributed by atoms with Gasteiger partial charge in [0.2, 0.25) is 0 Å². The number of carbonyl (C=O) groups excluding carboxylic acids is 1. The molecule has 2 rings (SSSR count). The van der Waals surface area contributed by atoms with Gasteiger partial charge in [0.25, 0.3) is 5.91 Å². The van der Waals surface area contributed by atoms with Crippen LogP contribution in [0.4, 0.5) is 0 Å². The number of rotatable bonds is 1. The number of nitrogens with two attached hydrogens (primary N) is 1. The van der Waals surface area contributed by atoms with Crippen LogP contribution in [0.25, 0.3) is 0 Å². The molecule has 0 spiro atoms. The van der Waals surface area contributed by atoms with E-state index in [-0.39, 0.29) is 5.91 Å². The van der Waals surface area contributed by atoms with E-state index >= 15 is 0 Å². The zero-order valence-electron chi connectivity index (χ0n) is 7.03. The molecule has 70 valence electrons. The minimum atomic E-state index is -0.422. The molecule has 1 amide bonds. The number of nitrogens with zero attached hydrogens (tertiary/aromatic N) is 2. The van der Waals surface area contributed by atoms with Crippen LogP contribution in [0.1, 0.15) is 11.9 Å². The van der Waals surface area contributed by atoms with Gasteiger partial charge in [-0.25, -0.2) is 10.8 Å². The van der Waals surface area contributed by atoms with Gasteiger partial charge in [0, 0.05) is 25.5 Å². The van der Waals surface area contributed by atoms with Crippen LogP contribution in [0.3, 0.4) is 0 Å². The molecule has 0 saturated heterocycles. The Balaban J connectivity index is 2.30. The van der Waals surface area contributed by atoms with Crippen molar-refractivity contribution in [2.75, 3.05) is 6.54 Å². The SMILES string of the molecule is NNC(=O)C1NCCn2ccnc21. The Morgan fingerprint density at radius 1 is 1.85 bits per heavy atom. The predicted octanol–water partition coefficient (Wildman–Crippen LogP) is -1.48. The van der Waals surface area contributed by atoms with Gasteiger partial charge in [0.15, 0.2) is 0 Å². The molecular formula is C7H11N5O. The van der Waals surface area contributed by atoms with Crippen molar-refractivity contribution in [3.05, 3.63) is 18.2 Å². The summed E-state index contributed by atoms with van der Waals surface area (Å²) in [6, 6.07) is -0.422. The number of fused-ring (bicyclic) bond motifs is 1. The molecule has 0 bridgehead atoms. The van der Waals surface area contributed by atoms with Gasteiger partial charge >= 0.3 is 0 Å². The highest BCUT2D eigenvalue weighted by atomic mass is 16.2. The van der Waals surface area contributed by atoms with Gasteiger partial charge in [-0.2, -0.15) is 0 Å². The van der Waals surface area contributed by atoms with E-state index in [9.17, 15) is 4.79 Å². The highest BCUT2D eigenvalue weighted by Gasteiger charge is 2.26. The molecule has 0 aliphatic carbocycles. The van der Waals surface area contributed by atoms with E-state index < -0.39 is 6.04 Å². The second kappa shape index (κ2) is 3.15. The first kappa shape index (κ1) is 8.21. The normalized spacial score (nSPS) is 20.8. The number of imidazole rings is 1. The molecule has 0 saturated carbocycles.